The molecule has 0 radical (unpaired) electrons. The van der Waals surface area contributed by atoms with E-state index in [4.69, 9.17) is 4.74 Å². The van der Waals surface area contributed by atoms with Crippen LogP contribution in [0, 0.1) is 0 Å². The number of aromatic nitrogens is 1. The third kappa shape index (κ3) is 5.94. The number of pyridine rings is 1. The molecule has 0 saturated heterocycles. The van der Waals surface area contributed by atoms with Crippen LogP contribution in [-0.4, -0.2) is 25.0 Å². The molecule has 2 N–H and O–H groups in total. The van der Waals surface area contributed by atoms with E-state index in [1.54, 1.807) is 30.5 Å². The van der Waals surface area contributed by atoms with Crippen molar-refractivity contribution in [2.75, 3.05) is 10.0 Å². The Morgan fingerprint density at radius 3 is 2.16 bits per heavy atom. The molecule has 2 rings (SSSR count). The van der Waals surface area contributed by atoms with Crippen LogP contribution in [0.2, 0.25) is 0 Å². The summed E-state index contributed by atoms with van der Waals surface area (Å²) in [5.74, 6) is 0.895. The summed E-state index contributed by atoms with van der Waals surface area (Å²) >= 11 is 0. The molecule has 0 aliphatic rings. The maximum atomic E-state index is 12.4. The van der Waals surface area contributed by atoms with Gasteiger partial charge in [0, 0.05) is 5.54 Å². The normalized spacial score (nSPS) is 12.1. The van der Waals surface area contributed by atoms with Gasteiger partial charge in [0.05, 0.1) is 22.9 Å². The molecular formula is C18H25N3O3S. The molecule has 25 heavy (non-hydrogen) atoms. The monoisotopic (exact) mass is 363 g/mol. The van der Waals surface area contributed by atoms with Crippen molar-refractivity contribution in [3.8, 4) is 5.75 Å². The molecule has 0 aliphatic carbocycles. The number of nitrogens with zero attached hydrogens (tertiary/aromatic N) is 1. The van der Waals surface area contributed by atoms with Gasteiger partial charge in [-0.2, -0.15) is 0 Å². The molecule has 0 spiro atoms. The molecule has 1 aromatic heterocycles. The van der Waals surface area contributed by atoms with Gasteiger partial charge in [0.1, 0.15) is 11.6 Å². The van der Waals surface area contributed by atoms with Crippen LogP contribution in [0.4, 0.5) is 11.5 Å². The van der Waals surface area contributed by atoms with Crippen LogP contribution < -0.4 is 14.8 Å². The second-order valence-electron chi connectivity index (χ2n) is 7.05. The van der Waals surface area contributed by atoms with E-state index in [0.29, 0.717) is 5.75 Å². The van der Waals surface area contributed by atoms with Crippen LogP contribution in [-0.2, 0) is 10.0 Å². The molecule has 6 nitrogen and oxygen atoms in total. The lowest BCUT2D eigenvalue weighted by atomic mass is 10.1. The van der Waals surface area contributed by atoms with E-state index in [0.717, 1.165) is 5.69 Å². The Kier molecular flexibility index (Phi) is 5.57. The minimum Gasteiger partial charge on any atom is -0.491 e. The first-order valence-electron chi connectivity index (χ1n) is 8.09. The highest BCUT2D eigenvalue weighted by Gasteiger charge is 2.15. The van der Waals surface area contributed by atoms with Crippen LogP contribution >= 0.6 is 0 Å². The minimum absolute atomic E-state index is 0.0324. The number of hydrogen-bond acceptors (Lipinski definition) is 5. The van der Waals surface area contributed by atoms with Gasteiger partial charge in [-0.25, -0.2) is 13.4 Å². The molecular weight excluding hydrogens is 338 g/mol. The predicted octanol–water partition coefficient (Wildman–Crippen LogP) is 3.88. The SMILES string of the molecule is CC(C)Oc1ccc(S(=O)(=O)Nc2ccc(NC(C)(C)C)cn2)cc1. The number of anilines is 2. The topological polar surface area (TPSA) is 80.3 Å². The van der Waals surface area contributed by atoms with Crippen molar-refractivity contribution < 1.29 is 13.2 Å². The van der Waals surface area contributed by atoms with Crippen molar-refractivity contribution in [3.63, 3.8) is 0 Å². The summed E-state index contributed by atoms with van der Waals surface area (Å²) in [6.45, 7) is 9.94. The Morgan fingerprint density at radius 2 is 1.68 bits per heavy atom. The lowest BCUT2D eigenvalue weighted by Crippen LogP contribution is -2.26. The number of ether oxygens (including phenoxy) is 1. The summed E-state index contributed by atoms with van der Waals surface area (Å²) in [5.41, 5.74) is 0.730. The van der Waals surface area contributed by atoms with Crippen molar-refractivity contribution in [2.24, 2.45) is 0 Å². The largest absolute Gasteiger partial charge is 0.491 e. The lowest BCUT2D eigenvalue weighted by molar-refractivity contribution is 0.242. The van der Waals surface area contributed by atoms with Gasteiger partial charge in [-0.3, -0.25) is 4.72 Å². The predicted molar refractivity (Wildman–Crippen MR) is 101 cm³/mol. The Balaban J connectivity index is 2.10. The van der Waals surface area contributed by atoms with Gasteiger partial charge >= 0.3 is 0 Å². The van der Waals surface area contributed by atoms with Gasteiger partial charge in [0.15, 0.2) is 0 Å². The molecule has 1 aromatic carbocycles. The van der Waals surface area contributed by atoms with Crippen LogP contribution in [0.3, 0.4) is 0 Å². The Hall–Kier alpha value is -2.28. The molecule has 2 aromatic rings. The molecule has 0 amide bonds. The van der Waals surface area contributed by atoms with E-state index < -0.39 is 10.0 Å². The second-order valence-corrected chi connectivity index (χ2v) is 8.73. The van der Waals surface area contributed by atoms with Crippen LogP contribution in [0.25, 0.3) is 0 Å². The van der Waals surface area contributed by atoms with E-state index in [2.05, 4.69) is 15.0 Å². The third-order valence-corrected chi connectivity index (χ3v) is 4.40. The average molecular weight is 363 g/mol. The van der Waals surface area contributed by atoms with Gasteiger partial charge in [-0.05, 0) is 71.0 Å². The Labute approximate surface area is 149 Å². The molecule has 1 heterocycles. The van der Waals surface area contributed by atoms with Gasteiger partial charge in [0.25, 0.3) is 10.0 Å². The molecule has 136 valence electrons. The molecule has 0 fully saturated rings. The van der Waals surface area contributed by atoms with Gasteiger partial charge in [0.2, 0.25) is 0 Å². The first-order valence-corrected chi connectivity index (χ1v) is 9.57. The molecule has 0 unspecified atom stereocenters. The summed E-state index contributed by atoms with van der Waals surface area (Å²) < 4.78 is 32.9. The highest BCUT2D eigenvalue weighted by Crippen LogP contribution is 2.20. The van der Waals surface area contributed by atoms with Gasteiger partial charge in [-0.1, -0.05) is 0 Å². The third-order valence-electron chi connectivity index (χ3n) is 3.03. The number of hydrogen-bond donors (Lipinski definition) is 2. The minimum atomic E-state index is -3.70. The fraction of sp³-hybridized carbons (Fsp3) is 0.389. The number of benzene rings is 1. The second kappa shape index (κ2) is 7.31. The Bertz CT molecular complexity index is 793. The number of rotatable bonds is 6. The maximum absolute atomic E-state index is 12.4. The standard InChI is InChI=1S/C18H25N3O3S/c1-13(2)24-15-7-9-16(10-8-15)25(22,23)21-17-11-6-14(12-19-17)20-18(3,4)5/h6-13,20H,1-5H3,(H,19,21). The highest BCUT2D eigenvalue weighted by molar-refractivity contribution is 7.92. The summed E-state index contributed by atoms with van der Waals surface area (Å²) in [6.07, 6.45) is 1.63. The zero-order valence-electron chi connectivity index (χ0n) is 15.2. The average Bonchev–Trinajstić information content (AvgIpc) is 2.47. The number of nitrogens with one attached hydrogen (secondary N) is 2. The van der Waals surface area contributed by atoms with Crippen molar-refractivity contribution >= 4 is 21.5 Å². The maximum Gasteiger partial charge on any atom is 0.263 e. The van der Waals surface area contributed by atoms with E-state index in [1.807, 2.05) is 34.6 Å². The van der Waals surface area contributed by atoms with Crippen LogP contribution in [0.15, 0.2) is 47.5 Å². The first-order chi connectivity index (χ1) is 11.5. The smallest absolute Gasteiger partial charge is 0.263 e. The van der Waals surface area contributed by atoms with Crippen LogP contribution in [0.5, 0.6) is 5.75 Å². The van der Waals surface area contributed by atoms with Crippen molar-refractivity contribution in [1.82, 2.24) is 4.98 Å². The van der Waals surface area contributed by atoms with Crippen LogP contribution in [0.1, 0.15) is 34.6 Å². The zero-order chi connectivity index (χ0) is 18.7. The van der Waals surface area contributed by atoms with Crippen molar-refractivity contribution in [3.05, 3.63) is 42.6 Å². The van der Waals surface area contributed by atoms with Crippen molar-refractivity contribution in [2.45, 2.75) is 51.2 Å². The lowest BCUT2D eigenvalue weighted by Gasteiger charge is -2.21. The zero-order valence-corrected chi connectivity index (χ0v) is 16.0. The van der Waals surface area contributed by atoms with Gasteiger partial charge in [-0.15, -0.1) is 0 Å². The molecule has 0 aliphatic heterocycles. The summed E-state index contributed by atoms with van der Waals surface area (Å²) in [7, 11) is -3.70. The summed E-state index contributed by atoms with van der Waals surface area (Å²) in [5, 5.41) is 3.27. The van der Waals surface area contributed by atoms with E-state index in [1.165, 1.54) is 12.1 Å². The van der Waals surface area contributed by atoms with E-state index in [9.17, 15) is 8.42 Å². The fourth-order valence-electron chi connectivity index (χ4n) is 2.13. The van der Waals surface area contributed by atoms with Crippen molar-refractivity contribution in [1.29, 1.82) is 0 Å². The molecule has 0 saturated carbocycles. The van der Waals surface area contributed by atoms with E-state index >= 15 is 0 Å². The summed E-state index contributed by atoms with van der Waals surface area (Å²) in [6, 6.07) is 9.71. The van der Waals surface area contributed by atoms with E-state index in [-0.39, 0.29) is 22.4 Å². The van der Waals surface area contributed by atoms with Gasteiger partial charge < -0.3 is 10.1 Å². The Morgan fingerprint density at radius 1 is 1.04 bits per heavy atom. The number of sulfonamides is 1. The first kappa shape index (κ1) is 19.1. The summed E-state index contributed by atoms with van der Waals surface area (Å²) in [4.78, 5) is 4.31. The quantitative estimate of drug-likeness (QED) is 0.814. The molecule has 7 heteroatoms. The molecule has 0 atom stereocenters. The fourth-order valence-corrected chi connectivity index (χ4v) is 3.14. The molecule has 0 bridgehead atoms. The highest BCUT2D eigenvalue weighted by atomic mass is 32.2.